The van der Waals surface area contributed by atoms with E-state index in [4.69, 9.17) is 23.2 Å². The molecule has 0 amide bonds. The molecule has 0 saturated heterocycles. The van der Waals surface area contributed by atoms with Gasteiger partial charge in [0.05, 0.1) is 16.9 Å². The Bertz CT molecular complexity index is 882. The molecule has 2 fully saturated rings. The summed E-state index contributed by atoms with van der Waals surface area (Å²) < 4.78 is 0. The van der Waals surface area contributed by atoms with Gasteiger partial charge in [-0.2, -0.15) is 0 Å². The molecule has 2 aromatic rings. The predicted octanol–water partition coefficient (Wildman–Crippen LogP) is 6.34. The van der Waals surface area contributed by atoms with Crippen LogP contribution in [0.15, 0.2) is 42.9 Å². The SMILES string of the molecule is C=C(Nc1cnc(Cl)c(Cl)c1)C1C2CC(C(C)C2C)C1c1ccnc(C)c1. The first-order valence-electron chi connectivity index (χ1n) is 9.56. The molecule has 3 nitrogen and oxygen atoms in total. The zero-order chi connectivity index (χ0) is 19.3. The van der Waals surface area contributed by atoms with E-state index in [9.17, 15) is 0 Å². The summed E-state index contributed by atoms with van der Waals surface area (Å²) in [4.78, 5) is 8.53. The molecule has 2 aromatic heterocycles. The van der Waals surface area contributed by atoms with Crippen molar-refractivity contribution >= 4 is 28.9 Å². The second-order valence-electron chi connectivity index (χ2n) is 8.21. The van der Waals surface area contributed by atoms with E-state index in [-0.39, 0.29) is 0 Å². The number of halogens is 2. The Morgan fingerprint density at radius 1 is 1.15 bits per heavy atom. The van der Waals surface area contributed by atoms with Crippen LogP contribution in [-0.4, -0.2) is 9.97 Å². The molecule has 2 saturated carbocycles. The van der Waals surface area contributed by atoms with Crippen LogP contribution in [-0.2, 0) is 0 Å². The minimum atomic E-state index is 0.320. The fourth-order valence-corrected chi connectivity index (χ4v) is 5.74. The maximum Gasteiger partial charge on any atom is 0.147 e. The van der Waals surface area contributed by atoms with Crippen LogP contribution in [0, 0.1) is 36.5 Å². The Morgan fingerprint density at radius 3 is 2.59 bits per heavy atom. The molecule has 6 unspecified atom stereocenters. The van der Waals surface area contributed by atoms with E-state index >= 15 is 0 Å². The topological polar surface area (TPSA) is 37.8 Å². The average molecular weight is 402 g/mol. The summed E-state index contributed by atoms with van der Waals surface area (Å²) in [5, 5.41) is 4.24. The number of aromatic nitrogens is 2. The van der Waals surface area contributed by atoms with E-state index in [2.05, 4.69) is 54.8 Å². The van der Waals surface area contributed by atoms with Crippen molar-refractivity contribution in [3.05, 3.63) is 64.3 Å². The molecule has 1 N–H and O–H groups in total. The molecule has 4 rings (SSSR count). The van der Waals surface area contributed by atoms with Gasteiger partial charge >= 0.3 is 0 Å². The molecule has 0 spiro atoms. The Kier molecular flexibility index (Phi) is 4.94. The van der Waals surface area contributed by atoms with Crippen molar-refractivity contribution in [3.8, 4) is 0 Å². The van der Waals surface area contributed by atoms with Crippen LogP contribution < -0.4 is 5.32 Å². The smallest absolute Gasteiger partial charge is 0.147 e. The zero-order valence-corrected chi connectivity index (χ0v) is 17.4. The molecule has 2 bridgehead atoms. The summed E-state index contributed by atoms with van der Waals surface area (Å²) in [6.07, 6.45) is 4.91. The Labute approximate surface area is 171 Å². The van der Waals surface area contributed by atoms with Gasteiger partial charge in [0.15, 0.2) is 0 Å². The van der Waals surface area contributed by atoms with Crippen molar-refractivity contribution < 1.29 is 0 Å². The van der Waals surface area contributed by atoms with Crippen LogP contribution in [0.5, 0.6) is 0 Å². The number of nitrogens with zero attached hydrogens (tertiary/aromatic N) is 2. The second-order valence-corrected chi connectivity index (χ2v) is 8.98. The van der Waals surface area contributed by atoms with Crippen molar-refractivity contribution in [2.45, 2.75) is 33.1 Å². The molecule has 2 heterocycles. The van der Waals surface area contributed by atoms with Crippen molar-refractivity contribution in [2.75, 3.05) is 5.32 Å². The van der Waals surface area contributed by atoms with Gasteiger partial charge in [-0.05, 0) is 66.7 Å². The highest BCUT2D eigenvalue weighted by molar-refractivity contribution is 6.41. The molecular formula is C22H25Cl2N3. The molecule has 27 heavy (non-hydrogen) atoms. The third-order valence-electron chi connectivity index (χ3n) is 6.84. The minimum Gasteiger partial charge on any atom is -0.358 e. The summed E-state index contributed by atoms with van der Waals surface area (Å²) in [5.41, 5.74) is 4.33. The van der Waals surface area contributed by atoms with E-state index < -0.39 is 0 Å². The van der Waals surface area contributed by atoms with Crippen molar-refractivity contribution in [1.82, 2.24) is 9.97 Å². The lowest BCUT2D eigenvalue weighted by Crippen LogP contribution is -2.33. The number of aryl methyl sites for hydroxylation is 1. The van der Waals surface area contributed by atoms with Crippen LogP contribution in [0.2, 0.25) is 10.2 Å². The maximum absolute atomic E-state index is 6.13. The quantitative estimate of drug-likeness (QED) is 0.607. The van der Waals surface area contributed by atoms with Gasteiger partial charge in [0.1, 0.15) is 5.15 Å². The molecule has 0 aliphatic heterocycles. The number of allylic oxidation sites excluding steroid dienone is 1. The summed E-state index contributed by atoms with van der Waals surface area (Å²) in [6.45, 7) is 11.3. The lowest BCUT2D eigenvalue weighted by molar-refractivity contribution is 0.183. The Hall–Kier alpha value is -1.58. The van der Waals surface area contributed by atoms with Gasteiger partial charge in [-0.25, -0.2) is 4.98 Å². The van der Waals surface area contributed by atoms with Crippen molar-refractivity contribution in [2.24, 2.45) is 29.6 Å². The van der Waals surface area contributed by atoms with Gasteiger partial charge < -0.3 is 5.32 Å². The summed E-state index contributed by atoms with van der Waals surface area (Å²) >= 11 is 12.1. The van der Waals surface area contributed by atoms with Gasteiger partial charge in [-0.15, -0.1) is 0 Å². The van der Waals surface area contributed by atoms with Gasteiger partial charge in [0.2, 0.25) is 0 Å². The monoisotopic (exact) mass is 401 g/mol. The number of hydrogen-bond acceptors (Lipinski definition) is 3. The molecule has 2 aliphatic rings. The first-order chi connectivity index (χ1) is 12.9. The highest BCUT2D eigenvalue weighted by Crippen LogP contribution is 2.63. The van der Waals surface area contributed by atoms with E-state index in [1.54, 1.807) is 6.20 Å². The number of anilines is 1. The molecule has 5 heteroatoms. The number of nitrogens with one attached hydrogen (secondary N) is 1. The second kappa shape index (κ2) is 7.10. The van der Waals surface area contributed by atoms with Crippen LogP contribution in [0.25, 0.3) is 0 Å². The van der Waals surface area contributed by atoms with E-state index in [1.807, 2.05) is 12.3 Å². The van der Waals surface area contributed by atoms with E-state index in [1.165, 1.54) is 12.0 Å². The van der Waals surface area contributed by atoms with Gasteiger partial charge in [-0.3, -0.25) is 4.98 Å². The lowest BCUT2D eigenvalue weighted by Gasteiger charge is -2.40. The highest BCUT2D eigenvalue weighted by atomic mass is 35.5. The van der Waals surface area contributed by atoms with Crippen LogP contribution in [0.3, 0.4) is 0 Å². The molecule has 6 atom stereocenters. The first kappa shape index (κ1) is 18.8. The molecular weight excluding hydrogens is 377 g/mol. The maximum atomic E-state index is 6.13. The largest absolute Gasteiger partial charge is 0.358 e. The standard InChI is InChI=1S/C22H25Cl2N3/c1-11-7-15(5-6-25-11)21-18-9-17(12(2)13(18)3)20(21)14(4)27-16-8-19(23)22(24)26-10-16/h5-8,10,12-13,17-18,20-21,27H,4,9H2,1-3H3. The van der Waals surface area contributed by atoms with E-state index in [0.717, 1.165) is 23.0 Å². The zero-order valence-electron chi connectivity index (χ0n) is 15.9. The molecule has 2 aliphatic carbocycles. The summed E-state index contributed by atoms with van der Waals surface area (Å²) in [6, 6.07) is 6.23. The number of hydrogen-bond donors (Lipinski definition) is 1. The Balaban J connectivity index is 1.65. The third kappa shape index (κ3) is 3.25. The van der Waals surface area contributed by atoms with Crippen LogP contribution in [0.1, 0.15) is 37.4 Å². The summed E-state index contributed by atoms with van der Waals surface area (Å²) in [5.74, 6) is 3.60. The number of pyridine rings is 2. The van der Waals surface area contributed by atoms with E-state index in [0.29, 0.717) is 39.8 Å². The number of fused-ring (bicyclic) bond motifs is 2. The molecule has 142 valence electrons. The average Bonchev–Trinajstić information content (AvgIpc) is 3.15. The minimum absolute atomic E-state index is 0.320. The third-order valence-corrected chi connectivity index (χ3v) is 7.53. The van der Waals surface area contributed by atoms with Gasteiger partial charge in [-0.1, -0.05) is 43.6 Å². The Morgan fingerprint density at radius 2 is 1.89 bits per heavy atom. The number of rotatable bonds is 4. The van der Waals surface area contributed by atoms with Crippen molar-refractivity contribution in [3.63, 3.8) is 0 Å². The van der Waals surface area contributed by atoms with Crippen LogP contribution in [0.4, 0.5) is 5.69 Å². The molecule has 0 radical (unpaired) electrons. The van der Waals surface area contributed by atoms with Gasteiger partial charge in [0, 0.05) is 23.5 Å². The van der Waals surface area contributed by atoms with Gasteiger partial charge in [0.25, 0.3) is 0 Å². The summed E-state index contributed by atoms with van der Waals surface area (Å²) in [7, 11) is 0. The lowest BCUT2D eigenvalue weighted by atomic mass is 9.66. The fourth-order valence-electron chi connectivity index (χ4n) is 5.47. The fraction of sp³-hybridized carbons (Fsp3) is 0.455. The molecule has 0 aromatic carbocycles. The van der Waals surface area contributed by atoms with Crippen molar-refractivity contribution in [1.29, 1.82) is 0 Å². The van der Waals surface area contributed by atoms with Crippen LogP contribution >= 0.6 is 23.2 Å². The highest BCUT2D eigenvalue weighted by Gasteiger charge is 2.55. The normalized spacial score (nSPS) is 31.9. The first-order valence-corrected chi connectivity index (χ1v) is 10.3. The predicted molar refractivity (Wildman–Crippen MR) is 112 cm³/mol.